The standard InChI is InChI=1S/C17H14N2/c1-2-6-13(7-3-1)17-11-16-10-14-8-4-5-9-15(14)12-19(16)18-17/h1-9,11H,10,12H2. The first-order chi connectivity index (χ1) is 9.40. The van der Waals surface area contributed by atoms with Crippen LogP contribution in [-0.2, 0) is 13.0 Å². The third-order valence-electron chi connectivity index (χ3n) is 3.74. The van der Waals surface area contributed by atoms with Gasteiger partial charge >= 0.3 is 0 Å². The van der Waals surface area contributed by atoms with Gasteiger partial charge in [-0.15, -0.1) is 0 Å². The van der Waals surface area contributed by atoms with E-state index in [0.717, 1.165) is 18.7 Å². The van der Waals surface area contributed by atoms with Crippen molar-refractivity contribution in [1.82, 2.24) is 9.78 Å². The molecule has 1 aliphatic heterocycles. The van der Waals surface area contributed by atoms with Crippen LogP contribution in [0.1, 0.15) is 16.8 Å². The van der Waals surface area contributed by atoms with E-state index in [1.807, 2.05) is 6.07 Å². The Labute approximate surface area is 112 Å². The van der Waals surface area contributed by atoms with Crippen LogP contribution >= 0.6 is 0 Å². The van der Waals surface area contributed by atoms with Crippen molar-refractivity contribution in [2.24, 2.45) is 0 Å². The van der Waals surface area contributed by atoms with Crippen molar-refractivity contribution < 1.29 is 0 Å². The van der Waals surface area contributed by atoms with Gasteiger partial charge in [0.2, 0.25) is 0 Å². The SMILES string of the molecule is c1ccc(-c2cc3n(n2)Cc2ccccc2C3)cc1. The summed E-state index contributed by atoms with van der Waals surface area (Å²) in [6, 6.07) is 21.2. The third-order valence-corrected chi connectivity index (χ3v) is 3.74. The summed E-state index contributed by atoms with van der Waals surface area (Å²) in [5.41, 5.74) is 6.38. The van der Waals surface area contributed by atoms with E-state index >= 15 is 0 Å². The normalized spacial score (nSPS) is 12.8. The number of benzene rings is 2. The van der Waals surface area contributed by atoms with Gasteiger partial charge in [-0.2, -0.15) is 5.10 Å². The van der Waals surface area contributed by atoms with Gasteiger partial charge in [0.1, 0.15) is 0 Å². The molecule has 0 amide bonds. The molecule has 2 heterocycles. The monoisotopic (exact) mass is 246 g/mol. The molecule has 0 radical (unpaired) electrons. The fourth-order valence-corrected chi connectivity index (χ4v) is 2.73. The molecule has 0 saturated carbocycles. The van der Waals surface area contributed by atoms with E-state index in [4.69, 9.17) is 5.10 Å². The van der Waals surface area contributed by atoms with Crippen molar-refractivity contribution in [3.8, 4) is 11.3 Å². The zero-order valence-electron chi connectivity index (χ0n) is 10.6. The summed E-state index contributed by atoms with van der Waals surface area (Å²) in [5, 5.41) is 4.74. The smallest absolute Gasteiger partial charge is 0.0926 e. The Morgan fingerprint density at radius 1 is 0.842 bits per heavy atom. The molecule has 4 rings (SSSR count). The molecule has 0 saturated heterocycles. The van der Waals surface area contributed by atoms with Crippen LogP contribution in [0.25, 0.3) is 11.3 Å². The van der Waals surface area contributed by atoms with Crippen LogP contribution in [0, 0.1) is 0 Å². The molecular weight excluding hydrogens is 232 g/mol. The van der Waals surface area contributed by atoms with Crippen LogP contribution in [0.3, 0.4) is 0 Å². The minimum absolute atomic E-state index is 0.887. The maximum absolute atomic E-state index is 4.74. The van der Waals surface area contributed by atoms with E-state index < -0.39 is 0 Å². The first-order valence-corrected chi connectivity index (χ1v) is 6.59. The molecule has 2 nitrogen and oxygen atoms in total. The summed E-state index contributed by atoms with van der Waals surface area (Å²) in [5.74, 6) is 0. The molecule has 2 aromatic carbocycles. The number of fused-ring (bicyclic) bond motifs is 2. The first kappa shape index (κ1) is 10.6. The molecule has 0 fully saturated rings. The lowest BCUT2D eigenvalue weighted by Crippen LogP contribution is -2.14. The van der Waals surface area contributed by atoms with Crippen molar-refractivity contribution in [3.63, 3.8) is 0 Å². The molecule has 19 heavy (non-hydrogen) atoms. The molecule has 0 N–H and O–H groups in total. The third kappa shape index (κ3) is 1.76. The van der Waals surface area contributed by atoms with Crippen LogP contribution < -0.4 is 0 Å². The quantitative estimate of drug-likeness (QED) is 0.502. The molecule has 0 unspecified atom stereocenters. The Hall–Kier alpha value is -2.35. The van der Waals surface area contributed by atoms with Gasteiger partial charge in [0.15, 0.2) is 0 Å². The summed E-state index contributed by atoms with van der Waals surface area (Å²) >= 11 is 0. The molecule has 0 spiro atoms. The van der Waals surface area contributed by atoms with Crippen molar-refractivity contribution in [3.05, 3.63) is 77.5 Å². The van der Waals surface area contributed by atoms with Gasteiger partial charge in [-0.3, -0.25) is 4.68 Å². The molecular formula is C17H14N2. The average Bonchev–Trinajstić information content (AvgIpc) is 2.88. The van der Waals surface area contributed by atoms with Crippen LogP contribution in [-0.4, -0.2) is 9.78 Å². The fourth-order valence-electron chi connectivity index (χ4n) is 2.73. The molecule has 92 valence electrons. The number of nitrogens with zero attached hydrogens (tertiary/aromatic N) is 2. The molecule has 0 bridgehead atoms. The van der Waals surface area contributed by atoms with Gasteiger partial charge in [0.05, 0.1) is 12.2 Å². The topological polar surface area (TPSA) is 17.8 Å². The largest absolute Gasteiger partial charge is 0.264 e. The number of hydrogen-bond acceptors (Lipinski definition) is 1. The fraction of sp³-hybridized carbons (Fsp3) is 0.118. The van der Waals surface area contributed by atoms with E-state index in [0.29, 0.717) is 0 Å². The lowest BCUT2D eigenvalue weighted by atomic mass is 9.99. The molecule has 3 aromatic rings. The summed E-state index contributed by atoms with van der Waals surface area (Å²) in [6.45, 7) is 0.887. The van der Waals surface area contributed by atoms with Crippen LogP contribution in [0.5, 0.6) is 0 Å². The van der Waals surface area contributed by atoms with Crippen molar-refractivity contribution in [1.29, 1.82) is 0 Å². The lowest BCUT2D eigenvalue weighted by Gasteiger charge is -2.17. The predicted octanol–water partition coefficient (Wildman–Crippen LogP) is 3.50. The van der Waals surface area contributed by atoms with Gasteiger partial charge < -0.3 is 0 Å². The van der Waals surface area contributed by atoms with E-state index in [9.17, 15) is 0 Å². The molecule has 0 atom stereocenters. The molecule has 0 aliphatic carbocycles. The van der Waals surface area contributed by atoms with Crippen molar-refractivity contribution in [2.45, 2.75) is 13.0 Å². The van der Waals surface area contributed by atoms with E-state index in [1.54, 1.807) is 0 Å². The highest BCUT2D eigenvalue weighted by molar-refractivity contribution is 5.59. The second-order valence-corrected chi connectivity index (χ2v) is 4.99. The number of rotatable bonds is 1. The number of hydrogen-bond donors (Lipinski definition) is 0. The Balaban J connectivity index is 1.77. The zero-order valence-corrected chi connectivity index (χ0v) is 10.6. The molecule has 1 aliphatic rings. The maximum Gasteiger partial charge on any atom is 0.0926 e. The van der Waals surface area contributed by atoms with E-state index in [-0.39, 0.29) is 0 Å². The lowest BCUT2D eigenvalue weighted by molar-refractivity contribution is 0.629. The highest BCUT2D eigenvalue weighted by Gasteiger charge is 2.17. The van der Waals surface area contributed by atoms with Gasteiger partial charge in [-0.05, 0) is 17.2 Å². The zero-order chi connectivity index (χ0) is 12.7. The Bertz CT molecular complexity index is 684. The first-order valence-electron chi connectivity index (χ1n) is 6.59. The van der Waals surface area contributed by atoms with Crippen LogP contribution in [0.2, 0.25) is 0 Å². The summed E-state index contributed by atoms with van der Waals surface area (Å²) in [4.78, 5) is 0. The van der Waals surface area contributed by atoms with Gasteiger partial charge in [-0.25, -0.2) is 0 Å². The summed E-state index contributed by atoms with van der Waals surface area (Å²) < 4.78 is 2.13. The minimum atomic E-state index is 0.887. The Morgan fingerprint density at radius 2 is 1.58 bits per heavy atom. The average molecular weight is 246 g/mol. The second-order valence-electron chi connectivity index (χ2n) is 4.99. The Morgan fingerprint density at radius 3 is 2.42 bits per heavy atom. The second kappa shape index (κ2) is 4.09. The van der Waals surface area contributed by atoms with Gasteiger partial charge in [0.25, 0.3) is 0 Å². The minimum Gasteiger partial charge on any atom is -0.264 e. The van der Waals surface area contributed by atoms with Gasteiger partial charge in [0, 0.05) is 17.7 Å². The van der Waals surface area contributed by atoms with Crippen molar-refractivity contribution in [2.75, 3.05) is 0 Å². The Kier molecular flexibility index (Phi) is 2.27. The maximum atomic E-state index is 4.74. The predicted molar refractivity (Wildman–Crippen MR) is 76.0 cm³/mol. The highest BCUT2D eigenvalue weighted by atomic mass is 15.3. The molecule has 1 aromatic heterocycles. The van der Waals surface area contributed by atoms with E-state index in [2.05, 4.69) is 59.3 Å². The van der Waals surface area contributed by atoms with Crippen LogP contribution in [0.15, 0.2) is 60.7 Å². The number of aromatic nitrogens is 2. The molecule has 2 heteroatoms. The van der Waals surface area contributed by atoms with Gasteiger partial charge in [-0.1, -0.05) is 54.6 Å². The summed E-state index contributed by atoms with van der Waals surface area (Å²) in [6.07, 6.45) is 0.982. The highest BCUT2D eigenvalue weighted by Crippen LogP contribution is 2.26. The van der Waals surface area contributed by atoms with Crippen LogP contribution in [0.4, 0.5) is 0 Å². The van der Waals surface area contributed by atoms with E-state index in [1.165, 1.54) is 22.4 Å². The summed E-state index contributed by atoms with van der Waals surface area (Å²) in [7, 11) is 0. The van der Waals surface area contributed by atoms with Crippen molar-refractivity contribution >= 4 is 0 Å².